The fourth-order valence-corrected chi connectivity index (χ4v) is 3.06. The molecule has 1 aliphatic rings. The van der Waals surface area contributed by atoms with E-state index in [1.807, 2.05) is 6.20 Å². The number of hydrogen-bond donors (Lipinski definition) is 1. The average Bonchev–Trinajstić information content (AvgIpc) is 2.74. The van der Waals surface area contributed by atoms with E-state index in [1.165, 1.54) is 30.7 Å². The number of thiazole rings is 1. The van der Waals surface area contributed by atoms with Gasteiger partial charge in [-0.3, -0.25) is 0 Å². The Balaban J connectivity index is 1.90. The van der Waals surface area contributed by atoms with E-state index in [9.17, 15) is 0 Å². The normalized spacial score (nSPS) is 28.9. The van der Waals surface area contributed by atoms with E-state index in [4.69, 9.17) is 0 Å². The minimum Gasteiger partial charge on any atom is -0.305 e. The lowest BCUT2D eigenvalue weighted by atomic mass is 9.85. The Labute approximate surface area is 96.1 Å². The molecule has 2 nitrogen and oxygen atoms in total. The van der Waals surface area contributed by atoms with Gasteiger partial charge in [0, 0.05) is 17.6 Å². The lowest BCUT2D eigenvalue weighted by Crippen LogP contribution is -2.38. The molecule has 0 saturated heterocycles. The van der Waals surface area contributed by atoms with E-state index in [2.05, 4.69) is 29.5 Å². The molecule has 1 fully saturated rings. The van der Waals surface area contributed by atoms with Crippen molar-refractivity contribution in [2.75, 3.05) is 0 Å². The first-order chi connectivity index (χ1) is 7.27. The third-order valence-corrected chi connectivity index (χ3v) is 4.36. The lowest BCUT2D eigenvalue weighted by molar-refractivity contribution is 0.263. The lowest BCUT2D eigenvalue weighted by Gasteiger charge is -2.31. The van der Waals surface area contributed by atoms with Crippen LogP contribution in [-0.4, -0.2) is 11.0 Å². The predicted octanol–water partition coefficient (Wildman–Crippen LogP) is 3.37. The van der Waals surface area contributed by atoms with Gasteiger partial charge in [0.05, 0.1) is 6.04 Å². The van der Waals surface area contributed by atoms with Crippen LogP contribution in [0.4, 0.5) is 0 Å². The Morgan fingerprint density at radius 1 is 1.47 bits per heavy atom. The van der Waals surface area contributed by atoms with Crippen LogP contribution in [0.3, 0.4) is 0 Å². The van der Waals surface area contributed by atoms with E-state index in [0.717, 1.165) is 5.92 Å². The van der Waals surface area contributed by atoms with Crippen LogP contribution in [0.25, 0.3) is 0 Å². The van der Waals surface area contributed by atoms with Crippen molar-refractivity contribution in [1.82, 2.24) is 10.3 Å². The SMILES string of the molecule is C[C@H](N[C@@H]1CCCC[C@@H]1C)c1nccs1. The van der Waals surface area contributed by atoms with Crippen LogP contribution in [0.1, 0.15) is 50.6 Å². The van der Waals surface area contributed by atoms with Crippen LogP contribution in [0.2, 0.25) is 0 Å². The highest BCUT2D eigenvalue weighted by Crippen LogP contribution is 2.26. The van der Waals surface area contributed by atoms with Crippen LogP contribution in [0.5, 0.6) is 0 Å². The molecule has 0 aliphatic heterocycles. The number of aromatic nitrogens is 1. The summed E-state index contributed by atoms with van der Waals surface area (Å²) in [7, 11) is 0. The minimum absolute atomic E-state index is 0.413. The molecule has 1 aliphatic carbocycles. The van der Waals surface area contributed by atoms with E-state index in [-0.39, 0.29) is 0 Å². The molecule has 84 valence electrons. The van der Waals surface area contributed by atoms with Gasteiger partial charge in [0.15, 0.2) is 0 Å². The second-order valence-electron chi connectivity index (χ2n) is 4.63. The van der Waals surface area contributed by atoms with Crippen LogP contribution in [0.15, 0.2) is 11.6 Å². The maximum Gasteiger partial charge on any atom is 0.109 e. The molecule has 0 amide bonds. The second-order valence-corrected chi connectivity index (χ2v) is 5.55. The van der Waals surface area contributed by atoms with Gasteiger partial charge in [-0.2, -0.15) is 0 Å². The van der Waals surface area contributed by atoms with Crippen LogP contribution in [-0.2, 0) is 0 Å². The van der Waals surface area contributed by atoms with Gasteiger partial charge < -0.3 is 5.32 Å². The van der Waals surface area contributed by atoms with Crippen molar-refractivity contribution < 1.29 is 0 Å². The maximum absolute atomic E-state index is 4.36. The van der Waals surface area contributed by atoms with Gasteiger partial charge in [-0.05, 0) is 25.7 Å². The first-order valence-corrected chi connectivity index (χ1v) is 6.81. The Kier molecular flexibility index (Phi) is 3.76. The van der Waals surface area contributed by atoms with Crippen LogP contribution >= 0.6 is 11.3 Å². The highest BCUT2D eigenvalue weighted by atomic mass is 32.1. The fraction of sp³-hybridized carbons (Fsp3) is 0.750. The van der Waals surface area contributed by atoms with Gasteiger partial charge in [0.2, 0.25) is 0 Å². The molecule has 0 aromatic carbocycles. The van der Waals surface area contributed by atoms with Crippen molar-refractivity contribution in [3.05, 3.63) is 16.6 Å². The zero-order valence-corrected chi connectivity index (χ0v) is 10.4. The highest BCUT2D eigenvalue weighted by molar-refractivity contribution is 7.09. The smallest absolute Gasteiger partial charge is 0.109 e. The van der Waals surface area contributed by atoms with Crippen molar-refractivity contribution in [2.24, 2.45) is 5.92 Å². The summed E-state index contributed by atoms with van der Waals surface area (Å²) in [5.41, 5.74) is 0. The average molecular weight is 224 g/mol. The molecular weight excluding hydrogens is 204 g/mol. The van der Waals surface area contributed by atoms with Crippen molar-refractivity contribution >= 4 is 11.3 Å². The van der Waals surface area contributed by atoms with E-state index in [0.29, 0.717) is 12.1 Å². The highest BCUT2D eigenvalue weighted by Gasteiger charge is 2.23. The third-order valence-electron chi connectivity index (χ3n) is 3.40. The van der Waals surface area contributed by atoms with Crippen molar-refractivity contribution in [3.63, 3.8) is 0 Å². The Morgan fingerprint density at radius 2 is 2.27 bits per heavy atom. The topological polar surface area (TPSA) is 24.9 Å². The predicted molar refractivity (Wildman–Crippen MR) is 65.1 cm³/mol. The van der Waals surface area contributed by atoms with Gasteiger partial charge in [-0.15, -0.1) is 11.3 Å². The van der Waals surface area contributed by atoms with E-state index >= 15 is 0 Å². The zero-order valence-electron chi connectivity index (χ0n) is 9.57. The molecule has 0 spiro atoms. The van der Waals surface area contributed by atoms with E-state index < -0.39 is 0 Å². The molecule has 2 rings (SSSR count). The summed E-state index contributed by atoms with van der Waals surface area (Å²) in [6.45, 7) is 4.59. The molecule has 1 aromatic heterocycles. The molecule has 0 radical (unpaired) electrons. The molecule has 3 heteroatoms. The summed E-state index contributed by atoms with van der Waals surface area (Å²) >= 11 is 1.75. The molecule has 1 N–H and O–H groups in total. The number of hydrogen-bond acceptors (Lipinski definition) is 3. The van der Waals surface area contributed by atoms with Crippen LogP contribution in [0, 0.1) is 5.92 Å². The number of nitrogens with zero attached hydrogens (tertiary/aromatic N) is 1. The quantitative estimate of drug-likeness (QED) is 0.851. The summed E-state index contributed by atoms with van der Waals surface area (Å²) < 4.78 is 0. The largest absolute Gasteiger partial charge is 0.305 e. The van der Waals surface area contributed by atoms with Crippen molar-refractivity contribution in [3.8, 4) is 0 Å². The van der Waals surface area contributed by atoms with Crippen LogP contribution < -0.4 is 5.32 Å². The molecule has 1 aromatic rings. The van der Waals surface area contributed by atoms with Gasteiger partial charge in [-0.1, -0.05) is 19.8 Å². The van der Waals surface area contributed by atoms with Gasteiger partial charge in [0.25, 0.3) is 0 Å². The molecule has 3 atom stereocenters. The molecule has 15 heavy (non-hydrogen) atoms. The standard InChI is InChI=1S/C12H20N2S/c1-9-5-3-4-6-11(9)14-10(2)12-13-7-8-15-12/h7-11,14H,3-6H2,1-2H3/t9-,10-,11+/m0/s1. The molecule has 1 saturated carbocycles. The van der Waals surface area contributed by atoms with Gasteiger partial charge >= 0.3 is 0 Å². The summed E-state index contributed by atoms with van der Waals surface area (Å²) in [6, 6.07) is 1.10. The van der Waals surface area contributed by atoms with E-state index in [1.54, 1.807) is 11.3 Å². The molecule has 1 heterocycles. The zero-order chi connectivity index (χ0) is 10.7. The Hall–Kier alpha value is -0.410. The summed E-state index contributed by atoms with van der Waals surface area (Å²) in [5, 5.41) is 6.99. The minimum atomic E-state index is 0.413. The summed E-state index contributed by atoms with van der Waals surface area (Å²) in [4.78, 5) is 4.36. The molecular formula is C12H20N2S. The van der Waals surface area contributed by atoms with Gasteiger partial charge in [-0.25, -0.2) is 4.98 Å². The van der Waals surface area contributed by atoms with Crippen molar-refractivity contribution in [2.45, 2.75) is 51.6 Å². The Bertz CT molecular complexity index is 284. The maximum atomic E-state index is 4.36. The van der Waals surface area contributed by atoms with Gasteiger partial charge in [0.1, 0.15) is 5.01 Å². The molecule has 0 unspecified atom stereocenters. The number of rotatable bonds is 3. The second kappa shape index (κ2) is 5.08. The monoisotopic (exact) mass is 224 g/mol. The Morgan fingerprint density at radius 3 is 2.93 bits per heavy atom. The van der Waals surface area contributed by atoms with Crippen molar-refractivity contribution in [1.29, 1.82) is 0 Å². The molecule has 0 bridgehead atoms. The third kappa shape index (κ3) is 2.79. The number of nitrogens with one attached hydrogen (secondary N) is 1. The first kappa shape index (κ1) is 11.1. The fourth-order valence-electron chi connectivity index (χ4n) is 2.40. The first-order valence-electron chi connectivity index (χ1n) is 5.93. The summed E-state index contributed by atoms with van der Waals surface area (Å²) in [5.74, 6) is 0.821. The summed E-state index contributed by atoms with van der Waals surface area (Å²) in [6.07, 6.45) is 7.39.